The van der Waals surface area contributed by atoms with Crippen LogP contribution in [0.1, 0.15) is 5.56 Å². The van der Waals surface area contributed by atoms with Crippen molar-refractivity contribution < 1.29 is 4.79 Å². The maximum Gasteiger partial charge on any atom is 0.226 e. The minimum absolute atomic E-state index is 0.0165. The molecule has 1 aliphatic heterocycles. The third-order valence-electron chi connectivity index (χ3n) is 5.43. The van der Waals surface area contributed by atoms with E-state index in [0.717, 1.165) is 33.7 Å². The van der Waals surface area contributed by atoms with E-state index < -0.39 is 0 Å². The lowest BCUT2D eigenvalue weighted by Crippen LogP contribution is -2.53. The number of pyridine rings is 1. The molecule has 1 saturated heterocycles. The first-order valence-corrected chi connectivity index (χ1v) is 10.2. The number of halogens is 1. The Morgan fingerprint density at radius 1 is 1.13 bits per heavy atom. The van der Waals surface area contributed by atoms with Crippen LogP contribution in [0.5, 0.6) is 0 Å². The molecule has 150 valence electrons. The van der Waals surface area contributed by atoms with Gasteiger partial charge in [0.25, 0.3) is 0 Å². The number of aromatic amines is 1. The van der Waals surface area contributed by atoms with Crippen LogP contribution in [0.4, 0.5) is 5.69 Å². The molecule has 2 N–H and O–H groups in total. The molecule has 0 bridgehead atoms. The zero-order chi connectivity index (χ0) is 20.5. The Morgan fingerprint density at radius 3 is 2.73 bits per heavy atom. The SMILES string of the molecule is O=C(NCc1ccncc1)C1CN(c2ccc(Cl)c(-c3nc4ccccc4[nH]3)c2)C1. The molecule has 7 heteroatoms. The number of imidazole rings is 1. The lowest BCUT2D eigenvalue weighted by Gasteiger charge is -2.40. The standard InChI is InChI=1S/C23H20ClN5O/c24-19-6-5-17(11-18(19)22-27-20-3-1-2-4-21(20)28-22)29-13-16(14-29)23(30)26-12-15-7-9-25-10-8-15/h1-11,16H,12-14H2,(H,26,30)(H,27,28). The number of para-hydroxylation sites is 2. The summed E-state index contributed by atoms with van der Waals surface area (Å²) in [6.07, 6.45) is 3.46. The molecule has 1 aliphatic rings. The van der Waals surface area contributed by atoms with E-state index in [9.17, 15) is 4.79 Å². The van der Waals surface area contributed by atoms with E-state index >= 15 is 0 Å². The van der Waals surface area contributed by atoms with Crippen molar-refractivity contribution in [3.05, 3.63) is 77.6 Å². The zero-order valence-electron chi connectivity index (χ0n) is 16.2. The molecule has 1 amide bonds. The molecule has 2 aromatic carbocycles. The van der Waals surface area contributed by atoms with Gasteiger partial charge >= 0.3 is 0 Å². The Labute approximate surface area is 178 Å². The summed E-state index contributed by atoms with van der Waals surface area (Å²) in [6.45, 7) is 1.89. The minimum Gasteiger partial charge on any atom is -0.370 e. The third-order valence-corrected chi connectivity index (χ3v) is 5.76. The van der Waals surface area contributed by atoms with Crippen LogP contribution in [0.2, 0.25) is 5.02 Å². The number of nitrogens with zero attached hydrogens (tertiary/aromatic N) is 3. The predicted molar refractivity (Wildman–Crippen MR) is 118 cm³/mol. The van der Waals surface area contributed by atoms with Gasteiger partial charge in [0.15, 0.2) is 0 Å². The fourth-order valence-corrected chi connectivity index (χ4v) is 3.87. The van der Waals surface area contributed by atoms with Crippen LogP contribution in [0, 0.1) is 5.92 Å². The molecular weight excluding hydrogens is 398 g/mol. The quantitative estimate of drug-likeness (QED) is 0.514. The summed E-state index contributed by atoms with van der Waals surface area (Å²) < 4.78 is 0. The monoisotopic (exact) mass is 417 g/mol. The number of rotatable bonds is 5. The molecule has 0 radical (unpaired) electrons. The molecule has 0 saturated carbocycles. The number of anilines is 1. The summed E-state index contributed by atoms with van der Waals surface area (Å²) in [7, 11) is 0. The molecule has 3 heterocycles. The molecule has 0 spiro atoms. The normalized spacial score (nSPS) is 14.0. The molecular formula is C23H20ClN5O. The van der Waals surface area contributed by atoms with E-state index in [-0.39, 0.29) is 11.8 Å². The summed E-state index contributed by atoms with van der Waals surface area (Å²) in [4.78, 5) is 26.6. The highest BCUT2D eigenvalue weighted by atomic mass is 35.5. The van der Waals surface area contributed by atoms with Gasteiger partial charge in [-0.3, -0.25) is 9.78 Å². The van der Waals surface area contributed by atoms with E-state index in [1.165, 1.54) is 0 Å². The number of nitrogens with one attached hydrogen (secondary N) is 2. The molecule has 2 aromatic heterocycles. The lowest BCUT2D eigenvalue weighted by molar-refractivity contribution is -0.125. The van der Waals surface area contributed by atoms with Crippen molar-refractivity contribution in [1.82, 2.24) is 20.3 Å². The van der Waals surface area contributed by atoms with Gasteiger partial charge in [0.1, 0.15) is 5.82 Å². The first-order valence-electron chi connectivity index (χ1n) is 9.83. The Bertz CT molecular complexity index is 1170. The van der Waals surface area contributed by atoms with Gasteiger partial charge in [-0.2, -0.15) is 0 Å². The van der Waals surface area contributed by atoms with Crippen LogP contribution in [0.3, 0.4) is 0 Å². The first-order chi connectivity index (χ1) is 14.7. The first kappa shape index (κ1) is 18.6. The average Bonchev–Trinajstić information content (AvgIpc) is 3.17. The fourth-order valence-electron chi connectivity index (χ4n) is 3.66. The van der Waals surface area contributed by atoms with Crippen LogP contribution >= 0.6 is 11.6 Å². The van der Waals surface area contributed by atoms with E-state index in [2.05, 4.69) is 25.2 Å². The highest BCUT2D eigenvalue weighted by Gasteiger charge is 2.33. The number of aromatic nitrogens is 3. The summed E-state index contributed by atoms with van der Waals surface area (Å²) in [5.74, 6) is 0.807. The summed E-state index contributed by atoms with van der Waals surface area (Å²) in [6, 6.07) is 17.6. The van der Waals surface area contributed by atoms with Crippen molar-refractivity contribution in [3.63, 3.8) is 0 Å². The van der Waals surface area contributed by atoms with E-state index in [4.69, 9.17) is 11.6 Å². The lowest BCUT2D eigenvalue weighted by atomic mass is 9.97. The second kappa shape index (κ2) is 7.80. The van der Waals surface area contributed by atoms with E-state index in [0.29, 0.717) is 24.7 Å². The summed E-state index contributed by atoms with van der Waals surface area (Å²) >= 11 is 6.46. The number of H-pyrrole nitrogens is 1. The Hall–Kier alpha value is -3.38. The highest BCUT2D eigenvalue weighted by molar-refractivity contribution is 6.33. The Kier molecular flexibility index (Phi) is 4.85. The average molecular weight is 418 g/mol. The number of hydrogen-bond acceptors (Lipinski definition) is 4. The van der Waals surface area contributed by atoms with Crippen molar-refractivity contribution in [1.29, 1.82) is 0 Å². The minimum atomic E-state index is -0.0165. The smallest absolute Gasteiger partial charge is 0.226 e. The van der Waals surface area contributed by atoms with E-state index in [1.807, 2.05) is 54.6 Å². The van der Waals surface area contributed by atoms with Gasteiger partial charge in [0, 0.05) is 43.3 Å². The maximum atomic E-state index is 12.4. The van der Waals surface area contributed by atoms with Crippen molar-refractivity contribution in [3.8, 4) is 11.4 Å². The van der Waals surface area contributed by atoms with Gasteiger partial charge < -0.3 is 15.2 Å². The van der Waals surface area contributed by atoms with Crippen molar-refractivity contribution in [2.24, 2.45) is 5.92 Å². The number of hydrogen-bond donors (Lipinski definition) is 2. The van der Waals surface area contributed by atoms with Crippen LogP contribution < -0.4 is 10.2 Å². The van der Waals surface area contributed by atoms with Crippen LogP contribution in [0.25, 0.3) is 22.4 Å². The molecule has 0 unspecified atom stereocenters. The second-order valence-corrected chi connectivity index (χ2v) is 7.85. The van der Waals surface area contributed by atoms with Gasteiger partial charge in [-0.05, 0) is 48.0 Å². The predicted octanol–water partition coefficient (Wildman–Crippen LogP) is 4.03. The fraction of sp³-hybridized carbons (Fsp3) is 0.174. The molecule has 0 aliphatic carbocycles. The molecule has 0 atom stereocenters. The zero-order valence-corrected chi connectivity index (χ0v) is 16.9. The number of amides is 1. The highest BCUT2D eigenvalue weighted by Crippen LogP contribution is 2.34. The van der Waals surface area contributed by atoms with Crippen molar-refractivity contribution >= 4 is 34.2 Å². The molecule has 30 heavy (non-hydrogen) atoms. The number of fused-ring (bicyclic) bond motifs is 1. The van der Waals surface area contributed by atoms with Crippen LogP contribution in [0.15, 0.2) is 67.0 Å². The Morgan fingerprint density at radius 2 is 1.93 bits per heavy atom. The second-order valence-electron chi connectivity index (χ2n) is 7.44. The molecule has 5 rings (SSSR count). The van der Waals surface area contributed by atoms with Crippen LogP contribution in [-0.2, 0) is 11.3 Å². The number of carbonyl (C=O) groups excluding carboxylic acids is 1. The van der Waals surface area contributed by atoms with Crippen molar-refractivity contribution in [2.45, 2.75) is 6.54 Å². The van der Waals surface area contributed by atoms with Gasteiger partial charge in [0.05, 0.1) is 22.0 Å². The van der Waals surface area contributed by atoms with Gasteiger partial charge in [0.2, 0.25) is 5.91 Å². The van der Waals surface area contributed by atoms with Crippen molar-refractivity contribution in [2.75, 3.05) is 18.0 Å². The Balaban J connectivity index is 1.26. The van der Waals surface area contributed by atoms with Gasteiger partial charge in [-0.15, -0.1) is 0 Å². The molecule has 1 fully saturated rings. The maximum absolute atomic E-state index is 12.4. The van der Waals surface area contributed by atoms with E-state index in [1.54, 1.807) is 12.4 Å². The molecule has 6 nitrogen and oxygen atoms in total. The summed E-state index contributed by atoms with van der Waals surface area (Å²) in [5, 5.41) is 3.65. The molecule has 4 aromatic rings. The number of benzene rings is 2. The topological polar surface area (TPSA) is 73.9 Å². The van der Waals surface area contributed by atoms with Gasteiger partial charge in [-0.25, -0.2) is 4.98 Å². The summed E-state index contributed by atoms with van der Waals surface area (Å²) in [5.41, 5.74) is 4.82. The third kappa shape index (κ3) is 3.62. The van der Waals surface area contributed by atoms with Gasteiger partial charge in [-0.1, -0.05) is 23.7 Å². The van der Waals surface area contributed by atoms with Crippen LogP contribution in [-0.4, -0.2) is 33.9 Å². The number of carbonyl (C=O) groups is 1. The largest absolute Gasteiger partial charge is 0.370 e.